The Hall–Kier alpha value is 1.07. The number of carbonyl (C=O) groups is 1. The molecule has 0 aliphatic heterocycles. The van der Waals surface area contributed by atoms with Crippen molar-refractivity contribution in [3.63, 3.8) is 0 Å². The average Bonchev–Trinajstić information content (AvgIpc) is 2.07. The van der Waals surface area contributed by atoms with Gasteiger partial charge in [0.25, 0.3) is 0 Å². The van der Waals surface area contributed by atoms with Crippen molar-refractivity contribution in [2.24, 2.45) is 17.6 Å². The Bertz CT molecular complexity index is 158. The monoisotopic (exact) mass is 211 g/mol. The van der Waals surface area contributed by atoms with Crippen molar-refractivity contribution in [1.82, 2.24) is 0 Å². The van der Waals surface area contributed by atoms with Crippen molar-refractivity contribution < 1.29 is 9.90 Å². The van der Waals surface area contributed by atoms with Crippen LogP contribution in [-0.4, -0.2) is 69.0 Å². The fraction of sp³-hybridized carbons (Fsp3) is 0.889. The van der Waals surface area contributed by atoms with Crippen LogP contribution in [0.15, 0.2) is 0 Å². The Kier molecular flexibility index (Phi) is 7.97. The van der Waals surface area contributed by atoms with Crippen LogP contribution in [0, 0.1) is 11.8 Å². The van der Waals surface area contributed by atoms with Gasteiger partial charge in [-0.05, 0) is 18.8 Å². The summed E-state index contributed by atoms with van der Waals surface area (Å²) in [6.45, 7) is 0.292. The first-order chi connectivity index (χ1) is 5.75. The average molecular weight is 211 g/mol. The van der Waals surface area contributed by atoms with Crippen molar-refractivity contribution in [1.29, 1.82) is 0 Å². The molecule has 4 heteroatoms. The van der Waals surface area contributed by atoms with Crippen LogP contribution in [0.3, 0.4) is 0 Å². The van der Waals surface area contributed by atoms with Gasteiger partial charge in [-0.2, -0.15) is 0 Å². The van der Waals surface area contributed by atoms with E-state index in [-0.39, 0.29) is 57.3 Å². The first-order valence-electron chi connectivity index (χ1n) is 4.68. The molecule has 13 heavy (non-hydrogen) atoms. The third kappa shape index (κ3) is 4.40. The molecular weight excluding hydrogens is 193 g/mol. The molecule has 1 aliphatic carbocycles. The van der Waals surface area contributed by atoms with Crippen LogP contribution in [-0.2, 0) is 4.79 Å². The minimum absolute atomic E-state index is 0. The molecule has 0 radical (unpaired) electrons. The zero-order valence-electron chi connectivity index (χ0n) is 7.33. The van der Waals surface area contributed by atoms with Gasteiger partial charge in [0.15, 0.2) is 0 Å². The Morgan fingerprint density at radius 3 is 2.31 bits per heavy atom. The van der Waals surface area contributed by atoms with E-state index >= 15 is 0 Å². The molecule has 3 nitrogen and oxygen atoms in total. The number of carboxylic acids is 1. The zero-order valence-corrected chi connectivity index (χ0v) is 7.33. The van der Waals surface area contributed by atoms with Gasteiger partial charge in [-0.1, -0.05) is 19.3 Å². The first-order valence-corrected chi connectivity index (χ1v) is 4.68. The summed E-state index contributed by atoms with van der Waals surface area (Å²) in [5, 5.41) is 8.85. The van der Waals surface area contributed by atoms with E-state index in [0.717, 1.165) is 12.8 Å². The number of hydrogen-bond acceptors (Lipinski definition) is 2. The number of carboxylic acid groups (broad SMARTS) is 1. The van der Waals surface area contributed by atoms with Crippen molar-refractivity contribution in [3.8, 4) is 0 Å². The van der Waals surface area contributed by atoms with Crippen molar-refractivity contribution in [2.45, 2.75) is 32.1 Å². The molecular formula is C9H18KNO2. The van der Waals surface area contributed by atoms with Crippen LogP contribution in [0.5, 0.6) is 0 Å². The quantitative estimate of drug-likeness (QED) is 0.671. The van der Waals surface area contributed by atoms with Gasteiger partial charge in [0.1, 0.15) is 0 Å². The summed E-state index contributed by atoms with van der Waals surface area (Å²) in [6.07, 6.45) is 5.71. The van der Waals surface area contributed by atoms with Gasteiger partial charge in [-0.3, -0.25) is 4.79 Å². The van der Waals surface area contributed by atoms with Gasteiger partial charge in [-0.25, -0.2) is 0 Å². The minimum atomic E-state index is -0.718. The maximum atomic E-state index is 10.7. The van der Waals surface area contributed by atoms with Crippen LogP contribution in [0.25, 0.3) is 0 Å². The third-order valence-electron chi connectivity index (χ3n) is 2.79. The SMILES string of the molecule is NCC(C(=O)O)C1CCCCC1.[KH]. The standard InChI is InChI=1S/C9H17NO2.K.H/c10-6-8(9(11)12)7-4-2-1-3-5-7;;/h7-8H,1-6,10H2,(H,11,12);;. The molecule has 0 spiro atoms. The van der Waals surface area contributed by atoms with Crippen molar-refractivity contribution >= 4 is 57.4 Å². The van der Waals surface area contributed by atoms with E-state index < -0.39 is 5.97 Å². The molecule has 1 fully saturated rings. The Morgan fingerprint density at radius 1 is 1.38 bits per heavy atom. The second kappa shape index (κ2) is 7.37. The normalized spacial score (nSPS) is 20.4. The van der Waals surface area contributed by atoms with E-state index in [2.05, 4.69) is 0 Å². The summed E-state index contributed by atoms with van der Waals surface area (Å²) in [5.41, 5.74) is 5.42. The van der Waals surface area contributed by atoms with Crippen LogP contribution in [0.2, 0.25) is 0 Å². The first kappa shape index (κ1) is 14.1. The van der Waals surface area contributed by atoms with Gasteiger partial charge in [0.05, 0.1) is 5.92 Å². The number of nitrogens with two attached hydrogens (primary N) is 1. The van der Waals surface area contributed by atoms with Crippen LogP contribution >= 0.6 is 0 Å². The summed E-state index contributed by atoms with van der Waals surface area (Å²) in [5.74, 6) is -0.684. The van der Waals surface area contributed by atoms with Crippen LogP contribution in [0.4, 0.5) is 0 Å². The second-order valence-electron chi connectivity index (χ2n) is 3.58. The predicted molar refractivity (Wildman–Crippen MR) is 53.9 cm³/mol. The second-order valence-corrected chi connectivity index (χ2v) is 3.58. The van der Waals surface area contributed by atoms with E-state index in [4.69, 9.17) is 10.8 Å². The number of rotatable bonds is 3. The van der Waals surface area contributed by atoms with Gasteiger partial charge < -0.3 is 10.8 Å². The summed E-state index contributed by atoms with van der Waals surface area (Å²) in [4.78, 5) is 10.7. The molecule has 1 aliphatic rings. The van der Waals surface area contributed by atoms with Gasteiger partial charge in [0.2, 0.25) is 0 Å². The molecule has 3 N–H and O–H groups in total. The molecule has 0 aromatic carbocycles. The molecule has 0 bridgehead atoms. The number of aliphatic carboxylic acids is 1. The topological polar surface area (TPSA) is 63.3 Å². The fourth-order valence-electron chi connectivity index (χ4n) is 2.03. The van der Waals surface area contributed by atoms with E-state index in [1.807, 2.05) is 0 Å². The molecule has 0 aromatic rings. The van der Waals surface area contributed by atoms with Gasteiger partial charge in [0, 0.05) is 6.54 Å². The van der Waals surface area contributed by atoms with Crippen LogP contribution < -0.4 is 5.73 Å². The molecule has 0 aromatic heterocycles. The van der Waals surface area contributed by atoms with Crippen LogP contribution in [0.1, 0.15) is 32.1 Å². The third-order valence-corrected chi connectivity index (χ3v) is 2.79. The summed E-state index contributed by atoms with van der Waals surface area (Å²) < 4.78 is 0. The maximum absolute atomic E-state index is 10.7. The van der Waals surface area contributed by atoms with Gasteiger partial charge in [-0.15, -0.1) is 0 Å². The molecule has 0 heterocycles. The molecule has 72 valence electrons. The molecule has 0 amide bonds. The summed E-state index contributed by atoms with van der Waals surface area (Å²) >= 11 is 0. The van der Waals surface area contributed by atoms with E-state index in [1.54, 1.807) is 0 Å². The zero-order chi connectivity index (χ0) is 8.97. The number of hydrogen-bond donors (Lipinski definition) is 2. The summed E-state index contributed by atoms with van der Waals surface area (Å²) in [6, 6.07) is 0. The Labute approximate surface area is 122 Å². The molecule has 0 saturated heterocycles. The molecule has 1 rings (SSSR count). The van der Waals surface area contributed by atoms with Crippen molar-refractivity contribution in [2.75, 3.05) is 6.54 Å². The van der Waals surface area contributed by atoms with Crippen molar-refractivity contribution in [3.05, 3.63) is 0 Å². The van der Waals surface area contributed by atoms with E-state index in [0.29, 0.717) is 12.5 Å². The molecule has 1 unspecified atom stereocenters. The van der Waals surface area contributed by atoms with E-state index in [9.17, 15) is 4.79 Å². The van der Waals surface area contributed by atoms with E-state index in [1.165, 1.54) is 19.3 Å². The molecule has 1 atom stereocenters. The predicted octanol–water partition coefficient (Wildman–Crippen LogP) is 0.578. The van der Waals surface area contributed by atoms with Gasteiger partial charge >= 0.3 is 57.4 Å². The fourth-order valence-corrected chi connectivity index (χ4v) is 2.03. The Balaban J connectivity index is 0.00000144. The molecule has 1 saturated carbocycles. The summed E-state index contributed by atoms with van der Waals surface area (Å²) in [7, 11) is 0. The Morgan fingerprint density at radius 2 is 1.92 bits per heavy atom.